The van der Waals surface area contributed by atoms with Crippen LogP contribution in [0, 0.1) is 5.92 Å². The number of rotatable bonds is 6. The Bertz CT molecular complexity index is 666. The van der Waals surface area contributed by atoms with Crippen molar-refractivity contribution in [2.75, 3.05) is 6.61 Å². The molecule has 2 heterocycles. The number of ether oxygens (including phenoxy) is 1. The van der Waals surface area contributed by atoms with Crippen LogP contribution >= 0.6 is 11.3 Å². The highest BCUT2D eigenvalue weighted by Crippen LogP contribution is 2.25. The van der Waals surface area contributed by atoms with Crippen molar-refractivity contribution in [3.63, 3.8) is 0 Å². The van der Waals surface area contributed by atoms with Gasteiger partial charge in [-0.2, -0.15) is 0 Å². The normalized spacial score (nSPS) is 20.6. The first-order valence-corrected chi connectivity index (χ1v) is 10.1. The van der Waals surface area contributed by atoms with Gasteiger partial charge in [-0.1, -0.05) is 38.8 Å². The number of carbonyl (C=O) groups is 1. The number of carbonyl (C=O) groups excluding carboxylic acids is 1. The summed E-state index contributed by atoms with van der Waals surface area (Å²) in [6.07, 6.45) is 4.31. The number of nitrogens with zero attached hydrogens (tertiary/aromatic N) is 1. The van der Waals surface area contributed by atoms with Crippen molar-refractivity contribution in [3.05, 3.63) is 40.7 Å². The molecule has 1 N–H and O–H groups in total. The number of amides is 1. The molecule has 0 spiro atoms. The Labute approximate surface area is 153 Å². The van der Waals surface area contributed by atoms with Gasteiger partial charge in [0.15, 0.2) is 0 Å². The summed E-state index contributed by atoms with van der Waals surface area (Å²) in [7, 11) is 0. The van der Waals surface area contributed by atoms with Crippen molar-refractivity contribution in [3.8, 4) is 11.3 Å². The summed E-state index contributed by atoms with van der Waals surface area (Å²) in [4.78, 5) is 16.9. The van der Waals surface area contributed by atoms with Crippen molar-refractivity contribution >= 4 is 17.2 Å². The first-order chi connectivity index (χ1) is 12.2. The molecule has 0 radical (unpaired) electrons. The highest BCUT2D eigenvalue weighted by Gasteiger charge is 2.28. The predicted octanol–water partition coefficient (Wildman–Crippen LogP) is 4.52. The molecule has 1 saturated heterocycles. The van der Waals surface area contributed by atoms with E-state index in [1.165, 1.54) is 0 Å². The van der Waals surface area contributed by atoms with Crippen LogP contribution in [0.15, 0.2) is 35.2 Å². The van der Waals surface area contributed by atoms with Crippen LogP contribution in [-0.2, 0) is 4.74 Å². The zero-order valence-corrected chi connectivity index (χ0v) is 15.7. The molecule has 134 valence electrons. The van der Waals surface area contributed by atoms with E-state index in [-0.39, 0.29) is 18.1 Å². The third kappa shape index (κ3) is 4.47. The largest absolute Gasteiger partial charge is 0.378 e. The number of thiazole rings is 1. The van der Waals surface area contributed by atoms with Gasteiger partial charge in [-0.25, -0.2) is 4.98 Å². The highest BCUT2D eigenvalue weighted by molar-refractivity contribution is 7.07. The third-order valence-corrected chi connectivity index (χ3v) is 5.69. The maximum Gasteiger partial charge on any atom is 0.251 e. The third-order valence-electron chi connectivity index (χ3n) is 5.10. The first-order valence-electron chi connectivity index (χ1n) is 9.12. The molecule has 0 unspecified atom stereocenters. The average molecular weight is 359 g/mol. The molecular formula is C20H26N2O2S. The Kier molecular flexibility index (Phi) is 6.21. The second kappa shape index (κ2) is 8.59. The van der Waals surface area contributed by atoms with Crippen molar-refractivity contribution in [1.82, 2.24) is 10.3 Å². The van der Waals surface area contributed by atoms with Crippen molar-refractivity contribution in [1.29, 1.82) is 0 Å². The second-order valence-corrected chi connectivity index (χ2v) is 7.35. The number of benzene rings is 1. The summed E-state index contributed by atoms with van der Waals surface area (Å²) in [5.41, 5.74) is 4.51. The Hall–Kier alpha value is -1.72. The zero-order valence-electron chi connectivity index (χ0n) is 14.9. The van der Waals surface area contributed by atoms with Gasteiger partial charge < -0.3 is 10.1 Å². The number of hydrogen-bond acceptors (Lipinski definition) is 4. The lowest BCUT2D eigenvalue weighted by atomic mass is 9.89. The van der Waals surface area contributed by atoms with Crippen LogP contribution in [0.5, 0.6) is 0 Å². The van der Waals surface area contributed by atoms with E-state index in [1.54, 1.807) is 11.3 Å². The van der Waals surface area contributed by atoms with Crippen LogP contribution in [0.3, 0.4) is 0 Å². The monoisotopic (exact) mass is 358 g/mol. The van der Waals surface area contributed by atoms with E-state index in [1.807, 2.05) is 35.2 Å². The standard InChI is InChI=1S/C20H26N2O2S/c1-3-14(4-2)19-11-17(9-10-24-19)22-20(23)16-7-5-15(6-8-16)18-12-25-13-21-18/h5-8,12-14,17,19H,3-4,9-11H2,1-2H3,(H,22,23)/t17-,19+/m0/s1. The molecule has 1 aromatic heterocycles. The SMILES string of the molecule is CCC(CC)[C@H]1C[C@@H](NC(=O)c2ccc(-c3cscn3)cc2)CCO1. The summed E-state index contributed by atoms with van der Waals surface area (Å²) in [5.74, 6) is 0.581. The summed E-state index contributed by atoms with van der Waals surface area (Å²) < 4.78 is 5.94. The lowest BCUT2D eigenvalue weighted by molar-refractivity contribution is -0.0337. The quantitative estimate of drug-likeness (QED) is 0.826. The molecule has 0 saturated carbocycles. The fourth-order valence-corrected chi connectivity index (χ4v) is 4.08. The smallest absolute Gasteiger partial charge is 0.251 e. The molecule has 25 heavy (non-hydrogen) atoms. The molecule has 4 nitrogen and oxygen atoms in total. The van der Waals surface area contributed by atoms with Crippen LogP contribution in [0.25, 0.3) is 11.3 Å². The van der Waals surface area contributed by atoms with E-state index in [9.17, 15) is 4.79 Å². The molecule has 2 aromatic rings. The van der Waals surface area contributed by atoms with Gasteiger partial charge in [0.05, 0.1) is 17.3 Å². The van der Waals surface area contributed by atoms with Gasteiger partial charge in [0.25, 0.3) is 5.91 Å². The molecule has 1 amide bonds. The zero-order chi connectivity index (χ0) is 17.6. The van der Waals surface area contributed by atoms with Crippen LogP contribution in [0.2, 0.25) is 0 Å². The topological polar surface area (TPSA) is 51.2 Å². The van der Waals surface area contributed by atoms with Gasteiger partial charge >= 0.3 is 0 Å². The van der Waals surface area contributed by atoms with Crippen LogP contribution in [0.1, 0.15) is 49.9 Å². The summed E-state index contributed by atoms with van der Waals surface area (Å²) in [6.45, 7) is 5.15. The summed E-state index contributed by atoms with van der Waals surface area (Å²) in [6, 6.07) is 7.87. The molecule has 1 aliphatic heterocycles. The number of aromatic nitrogens is 1. The van der Waals surface area contributed by atoms with Gasteiger partial charge in [0.2, 0.25) is 0 Å². The average Bonchev–Trinajstić information content (AvgIpc) is 3.18. The lowest BCUT2D eigenvalue weighted by Crippen LogP contribution is -2.44. The Morgan fingerprint density at radius 3 is 2.72 bits per heavy atom. The van der Waals surface area contributed by atoms with E-state index >= 15 is 0 Å². The second-order valence-electron chi connectivity index (χ2n) is 6.63. The lowest BCUT2D eigenvalue weighted by Gasteiger charge is -2.34. The summed E-state index contributed by atoms with van der Waals surface area (Å²) in [5, 5.41) is 5.20. The Morgan fingerprint density at radius 2 is 2.08 bits per heavy atom. The van der Waals surface area contributed by atoms with E-state index in [4.69, 9.17) is 4.74 Å². The van der Waals surface area contributed by atoms with Crippen molar-refractivity contribution in [2.24, 2.45) is 5.92 Å². The Balaban J connectivity index is 1.60. The van der Waals surface area contributed by atoms with Crippen LogP contribution in [-0.4, -0.2) is 29.6 Å². The fraction of sp³-hybridized carbons (Fsp3) is 0.500. The molecule has 3 rings (SSSR count). The predicted molar refractivity (Wildman–Crippen MR) is 102 cm³/mol. The number of nitrogens with one attached hydrogen (secondary N) is 1. The molecular weight excluding hydrogens is 332 g/mol. The maximum atomic E-state index is 12.6. The van der Waals surface area contributed by atoms with Crippen LogP contribution in [0.4, 0.5) is 0 Å². The minimum atomic E-state index is 0.0000229. The Morgan fingerprint density at radius 1 is 1.32 bits per heavy atom. The maximum absolute atomic E-state index is 12.6. The van der Waals surface area contributed by atoms with Gasteiger partial charge in [-0.15, -0.1) is 11.3 Å². The summed E-state index contributed by atoms with van der Waals surface area (Å²) >= 11 is 1.57. The van der Waals surface area contributed by atoms with Crippen LogP contribution < -0.4 is 5.32 Å². The van der Waals surface area contributed by atoms with Gasteiger partial charge in [-0.3, -0.25) is 4.79 Å². The minimum absolute atomic E-state index is 0.0000229. The molecule has 1 fully saturated rings. The highest BCUT2D eigenvalue weighted by atomic mass is 32.1. The van der Waals surface area contributed by atoms with Crippen molar-refractivity contribution < 1.29 is 9.53 Å². The fourth-order valence-electron chi connectivity index (χ4n) is 3.52. The molecule has 5 heteroatoms. The van der Waals surface area contributed by atoms with E-state index in [0.29, 0.717) is 11.5 Å². The van der Waals surface area contributed by atoms with Crippen molar-refractivity contribution in [2.45, 2.75) is 51.7 Å². The molecule has 0 aliphatic carbocycles. The molecule has 0 bridgehead atoms. The molecule has 2 atom stereocenters. The van der Waals surface area contributed by atoms with E-state index < -0.39 is 0 Å². The minimum Gasteiger partial charge on any atom is -0.378 e. The number of hydrogen-bond donors (Lipinski definition) is 1. The molecule has 1 aromatic carbocycles. The van der Waals surface area contributed by atoms with Gasteiger partial charge in [0, 0.05) is 29.2 Å². The van der Waals surface area contributed by atoms with E-state index in [2.05, 4.69) is 24.1 Å². The van der Waals surface area contributed by atoms with E-state index in [0.717, 1.165) is 43.5 Å². The van der Waals surface area contributed by atoms with Gasteiger partial charge in [-0.05, 0) is 30.9 Å². The first kappa shape index (κ1) is 18.1. The van der Waals surface area contributed by atoms with Gasteiger partial charge in [0.1, 0.15) is 0 Å². The molecule has 1 aliphatic rings.